The second kappa shape index (κ2) is 16.5. The van der Waals surface area contributed by atoms with Crippen molar-refractivity contribution in [2.24, 2.45) is 5.73 Å². The zero-order chi connectivity index (χ0) is 31.7. The third-order valence-corrected chi connectivity index (χ3v) is 6.12. The standard InChI is InChI=1S/C16H23BN2O6.C11H15BN2O4.ClH/c1-10(20)19-9-23-12-7-5-6-11-13(25-17(22)14(11)12)8-18-15(21)24-16(2,3)4;1-7(15)14-6-17-9-4-2-3-8-10(5-13)18-12(16)11(8)9;/h5-7,13,22H,8-9H2,1-4H3,(H,18,21)(H,19,20);2-4,10,16H,5-6,13H2,1H3,(H,14,15);1H. The summed E-state index contributed by atoms with van der Waals surface area (Å²) >= 11 is 0. The maximum atomic E-state index is 11.8. The molecule has 0 saturated carbocycles. The van der Waals surface area contributed by atoms with Crippen LogP contribution in [0.4, 0.5) is 4.79 Å². The van der Waals surface area contributed by atoms with Crippen LogP contribution >= 0.6 is 12.4 Å². The van der Waals surface area contributed by atoms with Crippen molar-refractivity contribution in [1.29, 1.82) is 0 Å². The van der Waals surface area contributed by atoms with E-state index in [-0.39, 0.29) is 50.3 Å². The van der Waals surface area contributed by atoms with Crippen LogP contribution in [-0.2, 0) is 23.6 Å². The second-order valence-electron chi connectivity index (χ2n) is 10.6. The van der Waals surface area contributed by atoms with Crippen LogP contribution < -0.4 is 42.1 Å². The number of hydrogen-bond donors (Lipinski definition) is 6. The lowest BCUT2D eigenvalue weighted by Gasteiger charge is -2.21. The van der Waals surface area contributed by atoms with Crippen LogP contribution in [0.1, 0.15) is 58.0 Å². The van der Waals surface area contributed by atoms with E-state index in [1.807, 2.05) is 6.07 Å². The molecule has 44 heavy (non-hydrogen) atoms. The Morgan fingerprint density at radius 1 is 0.841 bits per heavy atom. The first-order chi connectivity index (χ1) is 20.3. The quantitative estimate of drug-likeness (QED) is 0.157. The summed E-state index contributed by atoms with van der Waals surface area (Å²) in [7, 11) is -2.21. The van der Waals surface area contributed by atoms with Gasteiger partial charge in [-0.1, -0.05) is 24.3 Å². The van der Waals surface area contributed by atoms with Crippen LogP contribution in [0.2, 0.25) is 0 Å². The molecule has 7 N–H and O–H groups in total. The van der Waals surface area contributed by atoms with E-state index in [9.17, 15) is 24.4 Å². The highest BCUT2D eigenvalue weighted by Gasteiger charge is 2.39. The first-order valence-electron chi connectivity index (χ1n) is 13.6. The zero-order valence-electron chi connectivity index (χ0n) is 25.2. The molecule has 3 amide bonds. The molecule has 2 heterocycles. The molecule has 240 valence electrons. The monoisotopic (exact) mass is 636 g/mol. The molecule has 0 spiro atoms. The highest BCUT2D eigenvalue weighted by molar-refractivity contribution is 6.63. The molecule has 2 atom stereocenters. The van der Waals surface area contributed by atoms with E-state index in [1.165, 1.54) is 13.8 Å². The number of fused-ring (bicyclic) bond motifs is 2. The Morgan fingerprint density at radius 2 is 1.30 bits per heavy atom. The van der Waals surface area contributed by atoms with Gasteiger partial charge in [0.1, 0.15) is 17.1 Å². The topological polar surface area (TPSA) is 200 Å². The molecule has 0 aromatic heterocycles. The van der Waals surface area contributed by atoms with Gasteiger partial charge in [-0.15, -0.1) is 12.4 Å². The fourth-order valence-electron chi connectivity index (χ4n) is 4.32. The van der Waals surface area contributed by atoms with Gasteiger partial charge in [0.05, 0.1) is 12.2 Å². The minimum absolute atomic E-state index is 0. The lowest BCUT2D eigenvalue weighted by molar-refractivity contribution is -0.120. The maximum Gasteiger partial charge on any atom is 0.495 e. The summed E-state index contributed by atoms with van der Waals surface area (Å²) in [4.78, 5) is 33.4. The van der Waals surface area contributed by atoms with Crippen LogP contribution in [0.25, 0.3) is 0 Å². The fraction of sp³-hybridized carbons (Fsp3) is 0.444. The maximum absolute atomic E-state index is 11.8. The number of ether oxygens (including phenoxy) is 3. The van der Waals surface area contributed by atoms with E-state index in [4.69, 9.17) is 29.3 Å². The Labute approximate surface area is 263 Å². The van der Waals surface area contributed by atoms with E-state index in [0.29, 0.717) is 34.5 Å². The molecule has 17 heteroatoms. The summed E-state index contributed by atoms with van der Waals surface area (Å²) in [5, 5.41) is 27.6. The Morgan fingerprint density at radius 3 is 1.73 bits per heavy atom. The number of carbonyl (C=O) groups excluding carboxylic acids is 3. The molecule has 2 aromatic carbocycles. The van der Waals surface area contributed by atoms with Crippen LogP contribution in [0, 0.1) is 0 Å². The van der Waals surface area contributed by atoms with Gasteiger partial charge in [-0.2, -0.15) is 0 Å². The van der Waals surface area contributed by atoms with E-state index in [0.717, 1.165) is 5.56 Å². The Bertz CT molecular complexity index is 1300. The van der Waals surface area contributed by atoms with Crippen molar-refractivity contribution in [2.45, 2.75) is 52.4 Å². The van der Waals surface area contributed by atoms with E-state index >= 15 is 0 Å². The predicted octanol–water partition coefficient (Wildman–Crippen LogP) is -0.259. The molecule has 0 bridgehead atoms. The molecule has 2 aliphatic heterocycles. The van der Waals surface area contributed by atoms with Gasteiger partial charge >= 0.3 is 20.3 Å². The number of hydrogen-bond acceptors (Lipinski definition) is 11. The molecule has 0 saturated heterocycles. The summed E-state index contributed by atoms with van der Waals surface area (Å²) in [6.07, 6.45) is -1.40. The number of carbonyl (C=O) groups is 3. The number of benzene rings is 2. The van der Waals surface area contributed by atoms with E-state index in [1.54, 1.807) is 51.1 Å². The van der Waals surface area contributed by atoms with Crippen LogP contribution in [0.15, 0.2) is 36.4 Å². The molecule has 2 aliphatic rings. The Balaban J connectivity index is 0.000000315. The molecule has 2 unspecified atom stereocenters. The van der Waals surface area contributed by atoms with Crippen LogP contribution in [0.3, 0.4) is 0 Å². The Hall–Kier alpha value is -3.53. The van der Waals surface area contributed by atoms with E-state index in [2.05, 4.69) is 16.0 Å². The molecular formula is C27H39B2ClN4O10. The highest BCUT2D eigenvalue weighted by atomic mass is 35.5. The zero-order valence-corrected chi connectivity index (χ0v) is 26.1. The normalized spacial score (nSPS) is 16.4. The first kappa shape index (κ1) is 36.7. The molecule has 14 nitrogen and oxygen atoms in total. The van der Waals surface area contributed by atoms with Gasteiger partial charge < -0.3 is 55.3 Å². The number of amides is 3. The van der Waals surface area contributed by atoms with Crippen molar-refractivity contribution in [3.63, 3.8) is 0 Å². The molecule has 0 radical (unpaired) electrons. The number of alkyl carbamates (subject to hydrolysis) is 1. The van der Waals surface area contributed by atoms with E-state index < -0.39 is 32.0 Å². The van der Waals surface area contributed by atoms with Crippen LogP contribution in [0.5, 0.6) is 11.5 Å². The summed E-state index contributed by atoms with van der Waals surface area (Å²) in [5.41, 5.74) is 7.58. The van der Waals surface area contributed by atoms with Crippen molar-refractivity contribution >= 4 is 55.5 Å². The van der Waals surface area contributed by atoms with Crippen molar-refractivity contribution in [2.75, 3.05) is 26.6 Å². The largest absolute Gasteiger partial charge is 0.495 e. The van der Waals surface area contributed by atoms with Gasteiger partial charge in [0.15, 0.2) is 13.5 Å². The Kier molecular flexibility index (Phi) is 13.8. The number of nitrogens with two attached hydrogens (primary N) is 1. The smallest absolute Gasteiger partial charge is 0.474 e. The summed E-state index contributed by atoms with van der Waals surface area (Å²) < 4.78 is 26.9. The predicted molar refractivity (Wildman–Crippen MR) is 165 cm³/mol. The summed E-state index contributed by atoms with van der Waals surface area (Å²) in [6.45, 7) is 8.58. The fourth-order valence-corrected chi connectivity index (χ4v) is 4.32. The molecule has 0 fully saturated rings. The molecular weight excluding hydrogens is 597 g/mol. The SMILES string of the molecule is CC(=O)NCOc1cccc2c1B(O)OC2CN.CC(=O)NCOc1cccc2c1B(O)OC2CNC(=O)OC(C)(C)C.Cl. The second-order valence-corrected chi connectivity index (χ2v) is 10.6. The molecule has 0 aliphatic carbocycles. The van der Waals surface area contributed by atoms with Crippen molar-refractivity contribution in [3.8, 4) is 11.5 Å². The summed E-state index contributed by atoms with van der Waals surface area (Å²) in [5.74, 6) is 0.506. The van der Waals surface area contributed by atoms with Gasteiger partial charge in [-0.3, -0.25) is 9.59 Å². The van der Waals surface area contributed by atoms with Crippen molar-refractivity contribution < 1.29 is 48.0 Å². The average Bonchev–Trinajstić information content (AvgIpc) is 3.43. The van der Waals surface area contributed by atoms with Gasteiger partial charge in [-0.05, 0) is 44.0 Å². The number of halogens is 1. The van der Waals surface area contributed by atoms with Crippen LogP contribution in [-0.4, -0.2) is 74.3 Å². The van der Waals surface area contributed by atoms with Gasteiger partial charge in [0.2, 0.25) is 11.8 Å². The average molecular weight is 637 g/mol. The van der Waals surface area contributed by atoms with Gasteiger partial charge in [-0.25, -0.2) is 4.79 Å². The van der Waals surface area contributed by atoms with Crippen molar-refractivity contribution in [1.82, 2.24) is 16.0 Å². The number of nitrogens with one attached hydrogen (secondary N) is 3. The van der Waals surface area contributed by atoms with Crippen molar-refractivity contribution in [3.05, 3.63) is 47.5 Å². The minimum Gasteiger partial charge on any atom is -0.474 e. The number of rotatable bonds is 9. The molecule has 2 aromatic rings. The van der Waals surface area contributed by atoms with Gasteiger partial charge in [0.25, 0.3) is 0 Å². The summed E-state index contributed by atoms with van der Waals surface area (Å²) in [6, 6.07) is 10.6. The lowest BCUT2D eigenvalue weighted by Crippen LogP contribution is -2.35. The molecule has 4 rings (SSSR count). The lowest BCUT2D eigenvalue weighted by atomic mass is 9.78. The third-order valence-electron chi connectivity index (χ3n) is 6.12. The minimum atomic E-state index is -1.17. The van der Waals surface area contributed by atoms with Gasteiger partial charge in [0, 0.05) is 37.9 Å². The highest BCUT2D eigenvalue weighted by Crippen LogP contribution is 2.28. The first-order valence-corrected chi connectivity index (χ1v) is 13.6. The third kappa shape index (κ3) is 10.3.